The number of hydrogen-bond donors (Lipinski definition) is 1. The van der Waals surface area contributed by atoms with Gasteiger partial charge in [-0.05, 0) is 35.9 Å². The van der Waals surface area contributed by atoms with Gasteiger partial charge in [0.25, 0.3) is 5.91 Å². The number of esters is 1. The Balaban J connectivity index is 1.53. The number of benzene rings is 3. The second-order valence-electron chi connectivity index (χ2n) is 6.13. The summed E-state index contributed by atoms with van der Waals surface area (Å²) in [6, 6.07) is 23.4. The number of methoxy groups -OCH3 is 1. The highest BCUT2D eigenvalue weighted by molar-refractivity contribution is 5.96. The van der Waals surface area contributed by atoms with E-state index in [4.69, 9.17) is 14.2 Å². The molecule has 3 aromatic carbocycles. The third kappa shape index (κ3) is 5.84. The lowest BCUT2D eigenvalue weighted by molar-refractivity contribution is -0.119. The van der Waals surface area contributed by atoms with Crippen molar-refractivity contribution in [2.24, 2.45) is 0 Å². The summed E-state index contributed by atoms with van der Waals surface area (Å²) in [5.41, 5.74) is 1.83. The van der Waals surface area contributed by atoms with Gasteiger partial charge in [-0.2, -0.15) is 0 Å². The number of para-hydroxylation sites is 2. The normalized spacial score (nSPS) is 10.1. The van der Waals surface area contributed by atoms with E-state index in [0.29, 0.717) is 29.4 Å². The zero-order chi connectivity index (χ0) is 20.5. The highest BCUT2D eigenvalue weighted by Crippen LogP contribution is 2.23. The first-order chi connectivity index (χ1) is 14.2. The molecule has 0 atom stereocenters. The van der Waals surface area contributed by atoms with Crippen molar-refractivity contribution in [3.63, 3.8) is 0 Å². The highest BCUT2D eigenvalue weighted by Gasteiger charge is 2.12. The van der Waals surface area contributed by atoms with E-state index in [1.165, 1.54) is 7.11 Å². The van der Waals surface area contributed by atoms with Crippen LogP contribution in [0.15, 0.2) is 78.9 Å². The first kappa shape index (κ1) is 19.9. The molecule has 0 radical (unpaired) electrons. The molecule has 6 nitrogen and oxygen atoms in total. The molecule has 3 rings (SSSR count). The first-order valence-corrected chi connectivity index (χ1v) is 9.02. The molecular weight excluding hydrogens is 370 g/mol. The van der Waals surface area contributed by atoms with Crippen LogP contribution in [0.3, 0.4) is 0 Å². The Labute approximate surface area is 169 Å². The van der Waals surface area contributed by atoms with E-state index in [-0.39, 0.29) is 0 Å². The van der Waals surface area contributed by atoms with Gasteiger partial charge < -0.3 is 19.5 Å². The number of amides is 1. The van der Waals surface area contributed by atoms with Crippen LogP contribution in [0.5, 0.6) is 11.5 Å². The van der Waals surface area contributed by atoms with Gasteiger partial charge in [0.05, 0.1) is 18.4 Å². The van der Waals surface area contributed by atoms with Crippen LogP contribution in [-0.2, 0) is 16.1 Å². The number of anilines is 1. The quantitative estimate of drug-likeness (QED) is 0.586. The maximum absolute atomic E-state index is 12.3. The minimum atomic E-state index is -0.606. The van der Waals surface area contributed by atoms with Crippen LogP contribution in [0.1, 0.15) is 15.9 Å². The minimum absolute atomic E-state index is 0.306. The molecule has 0 saturated heterocycles. The van der Waals surface area contributed by atoms with E-state index < -0.39 is 18.5 Å². The number of carbonyl (C=O) groups is 2. The molecule has 0 bridgehead atoms. The topological polar surface area (TPSA) is 73.9 Å². The number of nitrogens with one attached hydrogen (secondary N) is 1. The van der Waals surface area contributed by atoms with Crippen molar-refractivity contribution < 1.29 is 23.8 Å². The molecular formula is C23H21NO5. The number of hydrogen-bond acceptors (Lipinski definition) is 5. The fourth-order valence-corrected chi connectivity index (χ4v) is 2.60. The van der Waals surface area contributed by atoms with Gasteiger partial charge in [-0.1, -0.05) is 48.5 Å². The molecule has 1 N–H and O–H groups in total. The van der Waals surface area contributed by atoms with Crippen molar-refractivity contribution in [2.75, 3.05) is 19.0 Å². The van der Waals surface area contributed by atoms with Gasteiger partial charge in [0.15, 0.2) is 6.61 Å². The summed E-state index contributed by atoms with van der Waals surface area (Å²) in [5, 5.41) is 2.65. The third-order valence-electron chi connectivity index (χ3n) is 4.03. The van der Waals surface area contributed by atoms with Crippen LogP contribution in [0.25, 0.3) is 0 Å². The lowest BCUT2D eigenvalue weighted by atomic mass is 10.2. The molecule has 0 aromatic heterocycles. The van der Waals surface area contributed by atoms with Crippen LogP contribution in [0.4, 0.5) is 5.69 Å². The predicted octanol–water partition coefficient (Wildman–Crippen LogP) is 4.07. The van der Waals surface area contributed by atoms with Gasteiger partial charge >= 0.3 is 5.97 Å². The summed E-state index contributed by atoms with van der Waals surface area (Å²) < 4.78 is 16.0. The Morgan fingerprint density at radius 2 is 1.66 bits per heavy atom. The zero-order valence-corrected chi connectivity index (χ0v) is 16.0. The average molecular weight is 391 g/mol. The van der Waals surface area contributed by atoms with Crippen LogP contribution >= 0.6 is 0 Å². The molecule has 0 heterocycles. The van der Waals surface area contributed by atoms with Gasteiger partial charge in [0, 0.05) is 0 Å². The molecule has 148 valence electrons. The fraction of sp³-hybridized carbons (Fsp3) is 0.130. The van der Waals surface area contributed by atoms with Gasteiger partial charge in [-0.15, -0.1) is 0 Å². The predicted molar refractivity (Wildman–Crippen MR) is 109 cm³/mol. The summed E-state index contributed by atoms with van der Waals surface area (Å²) in [7, 11) is 1.51. The Morgan fingerprint density at radius 3 is 2.45 bits per heavy atom. The van der Waals surface area contributed by atoms with Crippen molar-refractivity contribution in [3.05, 3.63) is 90.0 Å². The maximum atomic E-state index is 12.3. The Morgan fingerprint density at radius 1 is 0.897 bits per heavy atom. The SMILES string of the molecule is COc1ccccc1NC(=O)COC(=O)c1cccc(OCc2ccccc2)c1. The molecule has 0 fully saturated rings. The Hall–Kier alpha value is -3.80. The van der Waals surface area contributed by atoms with E-state index in [1.807, 2.05) is 30.3 Å². The number of carbonyl (C=O) groups excluding carboxylic acids is 2. The highest BCUT2D eigenvalue weighted by atomic mass is 16.5. The van der Waals surface area contributed by atoms with Gasteiger partial charge in [-0.3, -0.25) is 4.79 Å². The van der Waals surface area contributed by atoms with E-state index in [9.17, 15) is 9.59 Å². The van der Waals surface area contributed by atoms with Crippen LogP contribution in [0.2, 0.25) is 0 Å². The van der Waals surface area contributed by atoms with Crippen molar-refractivity contribution >= 4 is 17.6 Å². The Bertz CT molecular complexity index is 972. The largest absolute Gasteiger partial charge is 0.495 e. The van der Waals surface area contributed by atoms with E-state index >= 15 is 0 Å². The minimum Gasteiger partial charge on any atom is -0.495 e. The second-order valence-corrected chi connectivity index (χ2v) is 6.13. The number of ether oxygens (including phenoxy) is 3. The standard InChI is InChI=1S/C23H21NO5/c1-27-21-13-6-5-12-20(21)24-22(25)16-29-23(26)18-10-7-11-19(14-18)28-15-17-8-3-2-4-9-17/h2-14H,15-16H2,1H3,(H,24,25). The molecule has 0 aliphatic carbocycles. The lowest BCUT2D eigenvalue weighted by Gasteiger charge is -2.10. The monoisotopic (exact) mass is 391 g/mol. The molecule has 0 unspecified atom stereocenters. The number of rotatable bonds is 8. The molecule has 6 heteroatoms. The van der Waals surface area contributed by atoms with Crippen molar-refractivity contribution in [2.45, 2.75) is 6.61 Å². The molecule has 1 amide bonds. The zero-order valence-electron chi connectivity index (χ0n) is 16.0. The third-order valence-corrected chi connectivity index (χ3v) is 4.03. The molecule has 0 aliphatic rings. The van der Waals surface area contributed by atoms with Crippen LogP contribution in [-0.4, -0.2) is 25.6 Å². The smallest absolute Gasteiger partial charge is 0.338 e. The molecule has 0 spiro atoms. The molecule has 0 saturated carbocycles. The Kier molecular flexibility index (Phi) is 6.84. The fourth-order valence-electron chi connectivity index (χ4n) is 2.60. The van der Waals surface area contributed by atoms with Crippen molar-refractivity contribution in [1.29, 1.82) is 0 Å². The summed E-state index contributed by atoms with van der Waals surface area (Å²) in [6.07, 6.45) is 0. The lowest BCUT2D eigenvalue weighted by Crippen LogP contribution is -2.21. The van der Waals surface area contributed by atoms with E-state index in [0.717, 1.165) is 5.56 Å². The van der Waals surface area contributed by atoms with Crippen molar-refractivity contribution in [1.82, 2.24) is 0 Å². The summed E-state index contributed by atoms with van der Waals surface area (Å²) in [4.78, 5) is 24.3. The summed E-state index contributed by atoms with van der Waals surface area (Å²) in [5.74, 6) is 0.00175. The average Bonchev–Trinajstić information content (AvgIpc) is 2.77. The van der Waals surface area contributed by atoms with Gasteiger partial charge in [-0.25, -0.2) is 4.79 Å². The molecule has 0 aliphatic heterocycles. The summed E-state index contributed by atoms with van der Waals surface area (Å²) >= 11 is 0. The van der Waals surface area contributed by atoms with Gasteiger partial charge in [0.1, 0.15) is 18.1 Å². The summed E-state index contributed by atoms with van der Waals surface area (Å²) in [6.45, 7) is -0.0212. The van der Waals surface area contributed by atoms with E-state index in [1.54, 1.807) is 48.5 Å². The molecule has 29 heavy (non-hydrogen) atoms. The first-order valence-electron chi connectivity index (χ1n) is 9.02. The van der Waals surface area contributed by atoms with Gasteiger partial charge in [0.2, 0.25) is 0 Å². The van der Waals surface area contributed by atoms with E-state index in [2.05, 4.69) is 5.32 Å². The van der Waals surface area contributed by atoms with Crippen LogP contribution in [0, 0.1) is 0 Å². The maximum Gasteiger partial charge on any atom is 0.338 e. The molecule has 3 aromatic rings. The second kappa shape index (κ2) is 9.94. The van der Waals surface area contributed by atoms with Crippen molar-refractivity contribution in [3.8, 4) is 11.5 Å². The van der Waals surface area contributed by atoms with Crippen LogP contribution < -0.4 is 14.8 Å².